The zero-order valence-corrected chi connectivity index (χ0v) is 19.5. The van der Waals surface area contributed by atoms with Gasteiger partial charge in [0.2, 0.25) is 5.75 Å². The molecule has 9 heteroatoms. The summed E-state index contributed by atoms with van der Waals surface area (Å²) in [6.07, 6.45) is 0.697. The van der Waals surface area contributed by atoms with Gasteiger partial charge in [-0.05, 0) is 50.8 Å². The van der Waals surface area contributed by atoms with Crippen LogP contribution in [0.15, 0.2) is 12.1 Å². The molecule has 1 atom stereocenters. The maximum atomic E-state index is 12.6. The number of hydrogen-bond donors (Lipinski definition) is 0. The molecule has 2 rings (SSSR count). The Morgan fingerprint density at radius 3 is 2.12 bits per heavy atom. The van der Waals surface area contributed by atoms with Gasteiger partial charge in [0, 0.05) is 19.5 Å². The molecule has 1 unspecified atom stereocenters. The molecular weight excluding hydrogens is 418 g/mol. The van der Waals surface area contributed by atoms with Crippen molar-refractivity contribution in [2.75, 3.05) is 41.0 Å². The Bertz CT molecular complexity index is 776. The smallest absolute Gasteiger partial charge is 0.309 e. The van der Waals surface area contributed by atoms with E-state index in [4.69, 9.17) is 23.7 Å². The number of piperidine rings is 1. The number of hydrogen-bond acceptors (Lipinski definition) is 8. The molecule has 0 N–H and O–H groups in total. The van der Waals surface area contributed by atoms with Crippen molar-refractivity contribution in [1.29, 1.82) is 0 Å². The van der Waals surface area contributed by atoms with Crippen molar-refractivity contribution in [1.82, 2.24) is 4.90 Å². The van der Waals surface area contributed by atoms with E-state index in [1.807, 2.05) is 0 Å². The van der Waals surface area contributed by atoms with Crippen LogP contribution in [0.4, 0.5) is 0 Å². The molecule has 0 spiro atoms. The Hall–Kier alpha value is -2.97. The van der Waals surface area contributed by atoms with Crippen LogP contribution in [0.5, 0.6) is 17.2 Å². The summed E-state index contributed by atoms with van der Waals surface area (Å²) in [5.74, 6) is 0.359. The monoisotopic (exact) mass is 451 g/mol. The molecule has 1 fully saturated rings. The number of likely N-dealkylation sites (tertiary alicyclic amines) is 1. The van der Waals surface area contributed by atoms with E-state index in [2.05, 4.69) is 0 Å². The number of ether oxygens (including phenoxy) is 5. The van der Waals surface area contributed by atoms with Gasteiger partial charge in [0.1, 0.15) is 0 Å². The molecule has 1 heterocycles. The van der Waals surface area contributed by atoms with Gasteiger partial charge in [0.05, 0.1) is 33.9 Å². The Balaban J connectivity index is 1.85. The zero-order chi connectivity index (χ0) is 23.7. The average Bonchev–Trinajstić information content (AvgIpc) is 2.81. The minimum absolute atomic E-state index is 0.0984. The van der Waals surface area contributed by atoms with E-state index in [1.54, 1.807) is 30.9 Å². The lowest BCUT2D eigenvalue weighted by atomic mass is 9.97. The van der Waals surface area contributed by atoms with Crippen LogP contribution >= 0.6 is 0 Å². The second kappa shape index (κ2) is 12.2. The Labute approximate surface area is 188 Å². The number of aryl methyl sites for hydroxylation is 1. The molecule has 1 amide bonds. The molecule has 9 nitrogen and oxygen atoms in total. The number of nitrogens with zero attached hydrogens (tertiary/aromatic N) is 1. The number of benzene rings is 1. The maximum absolute atomic E-state index is 12.6. The second-order valence-corrected chi connectivity index (χ2v) is 7.52. The van der Waals surface area contributed by atoms with Crippen molar-refractivity contribution in [3.05, 3.63) is 17.7 Å². The second-order valence-electron chi connectivity index (χ2n) is 7.52. The first-order valence-corrected chi connectivity index (χ1v) is 10.8. The van der Waals surface area contributed by atoms with Gasteiger partial charge >= 0.3 is 11.9 Å². The minimum atomic E-state index is -0.887. The van der Waals surface area contributed by atoms with Crippen molar-refractivity contribution in [3.63, 3.8) is 0 Å². The number of amides is 1. The predicted molar refractivity (Wildman–Crippen MR) is 116 cm³/mol. The van der Waals surface area contributed by atoms with E-state index in [9.17, 15) is 14.4 Å². The van der Waals surface area contributed by atoms with Crippen molar-refractivity contribution >= 4 is 17.8 Å². The third kappa shape index (κ3) is 6.51. The van der Waals surface area contributed by atoms with Crippen molar-refractivity contribution in [2.45, 2.75) is 45.6 Å². The van der Waals surface area contributed by atoms with Gasteiger partial charge < -0.3 is 28.6 Å². The van der Waals surface area contributed by atoms with Gasteiger partial charge in [0.25, 0.3) is 5.91 Å². The number of carbonyl (C=O) groups is 3. The third-order valence-corrected chi connectivity index (χ3v) is 5.42. The summed E-state index contributed by atoms with van der Waals surface area (Å²) in [5.41, 5.74) is 0.816. The van der Waals surface area contributed by atoms with E-state index in [-0.39, 0.29) is 24.2 Å². The summed E-state index contributed by atoms with van der Waals surface area (Å²) in [7, 11) is 4.57. The zero-order valence-electron chi connectivity index (χ0n) is 19.5. The largest absolute Gasteiger partial charge is 0.493 e. The number of rotatable bonds is 10. The van der Waals surface area contributed by atoms with Crippen LogP contribution < -0.4 is 14.2 Å². The lowest BCUT2D eigenvalue weighted by molar-refractivity contribution is -0.160. The highest BCUT2D eigenvalue weighted by atomic mass is 16.5. The fraction of sp³-hybridized carbons (Fsp3) is 0.609. The topological polar surface area (TPSA) is 101 Å². The Kier molecular flexibility index (Phi) is 9.61. The van der Waals surface area contributed by atoms with Crippen LogP contribution in [0.1, 0.15) is 38.7 Å². The van der Waals surface area contributed by atoms with Crippen molar-refractivity contribution < 1.29 is 38.1 Å². The summed E-state index contributed by atoms with van der Waals surface area (Å²) in [5, 5.41) is 0. The molecule has 178 valence electrons. The first kappa shape index (κ1) is 25.3. The predicted octanol–water partition coefficient (Wildman–Crippen LogP) is 2.38. The molecule has 0 saturated carbocycles. The fourth-order valence-corrected chi connectivity index (χ4v) is 3.69. The van der Waals surface area contributed by atoms with E-state index >= 15 is 0 Å². The van der Waals surface area contributed by atoms with Crippen LogP contribution in [-0.2, 0) is 30.3 Å². The third-order valence-electron chi connectivity index (χ3n) is 5.42. The molecular formula is C23H33NO8. The highest BCUT2D eigenvalue weighted by Gasteiger charge is 2.31. The fourth-order valence-electron chi connectivity index (χ4n) is 3.69. The van der Waals surface area contributed by atoms with Gasteiger partial charge in [0.15, 0.2) is 17.6 Å². The van der Waals surface area contributed by atoms with Crippen molar-refractivity contribution in [3.8, 4) is 17.2 Å². The minimum Gasteiger partial charge on any atom is -0.493 e. The normalized spacial score (nSPS) is 15.0. The van der Waals surface area contributed by atoms with E-state index in [0.717, 1.165) is 5.56 Å². The van der Waals surface area contributed by atoms with Crippen LogP contribution in [0.3, 0.4) is 0 Å². The molecule has 1 aromatic rings. The lowest BCUT2D eigenvalue weighted by Crippen LogP contribution is -2.45. The molecule has 0 bridgehead atoms. The highest BCUT2D eigenvalue weighted by molar-refractivity contribution is 5.84. The number of carbonyl (C=O) groups excluding carboxylic acids is 3. The first-order valence-electron chi connectivity index (χ1n) is 10.8. The summed E-state index contributed by atoms with van der Waals surface area (Å²) in [6, 6.07) is 3.55. The number of esters is 2. The quantitative estimate of drug-likeness (QED) is 0.500. The summed E-state index contributed by atoms with van der Waals surface area (Å²) < 4.78 is 26.3. The molecule has 0 radical (unpaired) electrons. The molecule has 1 aliphatic rings. The van der Waals surface area contributed by atoms with Crippen molar-refractivity contribution in [2.24, 2.45) is 5.92 Å². The van der Waals surface area contributed by atoms with E-state index in [0.29, 0.717) is 56.2 Å². The van der Waals surface area contributed by atoms with Gasteiger partial charge in [-0.25, -0.2) is 0 Å². The Morgan fingerprint density at radius 2 is 1.62 bits per heavy atom. The standard InChI is InChI=1S/C23H33NO8/c1-6-31-23(27)17-9-11-24(12-10-17)22(26)15(2)32-20(25)8-7-16-13-18(28-3)21(30-5)19(14-16)29-4/h13-15,17H,6-12H2,1-5H3. The van der Waals surface area contributed by atoms with Crippen LogP contribution in [0.25, 0.3) is 0 Å². The maximum Gasteiger partial charge on any atom is 0.309 e. The first-order chi connectivity index (χ1) is 15.3. The number of methoxy groups -OCH3 is 3. The van der Waals surface area contributed by atoms with Crippen LogP contribution in [-0.4, -0.2) is 69.9 Å². The highest BCUT2D eigenvalue weighted by Crippen LogP contribution is 2.38. The molecule has 0 aliphatic carbocycles. The molecule has 1 aromatic carbocycles. The lowest BCUT2D eigenvalue weighted by Gasteiger charge is -2.32. The average molecular weight is 452 g/mol. The van der Waals surface area contributed by atoms with Crippen LogP contribution in [0.2, 0.25) is 0 Å². The summed E-state index contributed by atoms with van der Waals surface area (Å²) >= 11 is 0. The van der Waals surface area contributed by atoms with Crippen LogP contribution in [0, 0.1) is 5.92 Å². The Morgan fingerprint density at radius 1 is 1.03 bits per heavy atom. The summed E-state index contributed by atoms with van der Waals surface area (Å²) in [4.78, 5) is 38.4. The molecule has 1 aliphatic heterocycles. The van der Waals surface area contributed by atoms with Gasteiger partial charge in [-0.3, -0.25) is 14.4 Å². The van der Waals surface area contributed by atoms with Gasteiger partial charge in [-0.15, -0.1) is 0 Å². The molecule has 32 heavy (non-hydrogen) atoms. The SMILES string of the molecule is CCOC(=O)C1CCN(C(=O)C(C)OC(=O)CCc2cc(OC)c(OC)c(OC)c2)CC1. The summed E-state index contributed by atoms with van der Waals surface area (Å²) in [6.45, 7) is 4.57. The van der Waals surface area contributed by atoms with E-state index in [1.165, 1.54) is 21.3 Å². The van der Waals surface area contributed by atoms with E-state index < -0.39 is 12.1 Å². The molecule has 1 saturated heterocycles. The molecule has 0 aromatic heterocycles. The van der Waals surface area contributed by atoms with Gasteiger partial charge in [-0.2, -0.15) is 0 Å². The van der Waals surface area contributed by atoms with Gasteiger partial charge in [-0.1, -0.05) is 0 Å².